The van der Waals surface area contributed by atoms with Crippen molar-refractivity contribution in [2.45, 2.75) is 4.90 Å². The molecule has 0 spiro atoms. The maximum atomic E-state index is 12.9. The number of anilines is 2. The number of ether oxygens (including phenoxy) is 1. The number of halogens is 1. The average molecular weight is 404 g/mol. The van der Waals surface area contributed by atoms with Gasteiger partial charge in [-0.3, -0.25) is 9.69 Å². The van der Waals surface area contributed by atoms with Crippen LogP contribution in [-0.2, 0) is 9.53 Å². The van der Waals surface area contributed by atoms with Crippen LogP contribution in [0.15, 0.2) is 53.4 Å². The first-order valence-corrected chi connectivity index (χ1v) is 10.4. The number of hydrogen-bond acceptors (Lipinski definition) is 5. The number of benzene rings is 2. The van der Waals surface area contributed by atoms with Crippen molar-refractivity contribution in [3.63, 3.8) is 0 Å². The van der Waals surface area contributed by atoms with Crippen LogP contribution in [0.4, 0.5) is 15.8 Å². The van der Waals surface area contributed by atoms with E-state index < -0.39 is 0 Å². The van der Waals surface area contributed by atoms with Gasteiger partial charge in [0, 0.05) is 41.7 Å². The molecular weight excluding hydrogens is 377 g/mol. The fraction of sp³-hybridized carbons (Fsp3) is 0.381. The standard InChI is InChI=1S/C21H26FN3O2S/c1-24(12-15-28-20-8-2-17(22)3-9-20)16-21(26)23-18-4-6-19(7-5-18)25-10-13-27-14-11-25/h2-9H,10-16H2,1H3,(H,23,26). The molecule has 7 heteroatoms. The van der Waals surface area contributed by atoms with E-state index in [1.165, 1.54) is 12.1 Å². The number of thioether (sulfide) groups is 1. The Morgan fingerprint density at radius 3 is 2.50 bits per heavy atom. The molecule has 0 atom stereocenters. The average Bonchev–Trinajstić information content (AvgIpc) is 2.70. The summed E-state index contributed by atoms with van der Waals surface area (Å²) in [6.45, 7) is 4.40. The van der Waals surface area contributed by atoms with Gasteiger partial charge in [-0.2, -0.15) is 0 Å². The third-order valence-corrected chi connectivity index (χ3v) is 5.49. The fourth-order valence-electron chi connectivity index (χ4n) is 2.95. The van der Waals surface area contributed by atoms with Crippen molar-refractivity contribution in [3.8, 4) is 0 Å². The van der Waals surface area contributed by atoms with E-state index >= 15 is 0 Å². The first-order valence-electron chi connectivity index (χ1n) is 9.40. The Hall–Kier alpha value is -2.09. The number of carbonyl (C=O) groups is 1. The fourth-order valence-corrected chi connectivity index (χ4v) is 3.92. The molecule has 5 nitrogen and oxygen atoms in total. The summed E-state index contributed by atoms with van der Waals surface area (Å²) in [5.74, 6) is 0.577. The second-order valence-electron chi connectivity index (χ2n) is 6.73. The normalized spacial score (nSPS) is 14.3. The van der Waals surface area contributed by atoms with Gasteiger partial charge in [0.15, 0.2) is 0 Å². The van der Waals surface area contributed by atoms with Crippen LogP contribution in [-0.4, -0.2) is 63.0 Å². The third kappa shape index (κ3) is 6.51. The maximum Gasteiger partial charge on any atom is 0.238 e. The van der Waals surface area contributed by atoms with Gasteiger partial charge in [-0.1, -0.05) is 0 Å². The van der Waals surface area contributed by atoms with E-state index in [1.54, 1.807) is 23.9 Å². The molecule has 0 aromatic heterocycles. The molecule has 2 aromatic rings. The van der Waals surface area contributed by atoms with Crippen molar-refractivity contribution in [2.24, 2.45) is 0 Å². The maximum absolute atomic E-state index is 12.9. The Bertz CT molecular complexity index is 749. The van der Waals surface area contributed by atoms with E-state index in [1.807, 2.05) is 36.2 Å². The summed E-state index contributed by atoms with van der Waals surface area (Å²) in [6, 6.07) is 14.4. The monoisotopic (exact) mass is 403 g/mol. The number of likely N-dealkylation sites (N-methyl/N-ethyl adjacent to an activating group) is 1. The van der Waals surface area contributed by atoms with Gasteiger partial charge in [-0.15, -0.1) is 11.8 Å². The van der Waals surface area contributed by atoms with Crippen LogP contribution in [0.3, 0.4) is 0 Å². The number of carbonyl (C=O) groups excluding carboxylic acids is 1. The predicted molar refractivity (Wildman–Crippen MR) is 113 cm³/mol. The summed E-state index contributed by atoms with van der Waals surface area (Å²) < 4.78 is 18.3. The zero-order valence-corrected chi connectivity index (χ0v) is 16.9. The number of morpholine rings is 1. The van der Waals surface area contributed by atoms with Crippen molar-refractivity contribution in [1.29, 1.82) is 0 Å². The van der Waals surface area contributed by atoms with Crippen LogP contribution in [0, 0.1) is 5.82 Å². The molecule has 1 saturated heterocycles. The van der Waals surface area contributed by atoms with E-state index in [0.29, 0.717) is 6.54 Å². The highest BCUT2D eigenvalue weighted by molar-refractivity contribution is 7.99. The summed E-state index contributed by atoms with van der Waals surface area (Å²) in [5, 5.41) is 2.95. The van der Waals surface area contributed by atoms with Crippen molar-refractivity contribution in [1.82, 2.24) is 4.90 Å². The molecule has 0 bridgehead atoms. The lowest BCUT2D eigenvalue weighted by atomic mass is 10.2. The van der Waals surface area contributed by atoms with Crippen molar-refractivity contribution >= 4 is 29.0 Å². The highest BCUT2D eigenvalue weighted by Gasteiger charge is 2.11. The molecule has 1 aliphatic heterocycles. The molecule has 0 radical (unpaired) electrons. The second kappa shape index (κ2) is 10.5. The minimum Gasteiger partial charge on any atom is -0.378 e. The van der Waals surface area contributed by atoms with Gasteiger partial charge in [-0.05, 0) is 55.6 Å². The Morgan fingerprint density at radius 2 is 1.82 bits per heavy atom. The smallest absolute Gasteiger partial charge is 0.238 e. The molecule has 1 fully saturated rings. The zero-order valence-electron chi connectivity index (χ0n) is 16.1. The molecule has 150 valence electrons. The predicted octanol–water partition coefficient (Wildman–Crippen LogP) is 3.32. The van der Waals surface area contributed by atoms with E-state index in [0.717, 1.165) is 54.9 Å². The molecule has 0 aliphatic carbocycles. The summed E-state index contributed by atoms with van der Waals surface area (Å²) in [6.07, 6.45) is 0. The second-order valence-corrected chi connectivity index (χ2v) is 7.90. The number of amides is 1. The summed E-state index contributed by atoms with van der Waals surface area (Å²) in [4.78, 5) is 17.5. The Labute approximate surface area is 169 Å². The van der Waals surface area contributed by atoms with E-state index in [4.69, 9.17) is 4.74 Å². The van der Waals surface area contributed by atoms with Crippen molar-refractivity contribution in [3.05, 3.63) is 54.3 Å². The van der Waals surface area contributed by atoms with Gasteiger partial charge in [0.05, 0.1) is 19.8 Å². The first kappa shape index (κ1) is 20.6. The lowest BCUT2D eigenvalue weighted by molar-refractivity contribution is -0.117. The molecule has 1 heterocycles. The van der Waals surface area contributed by atoms with Crippen molar-refractivity contribution in [2.75, 3.05) is 62.4 Å². The highest BCUT2D eigenvalue weighted by Crippen LogP contribution is 2.19. The van der Waals surface area contributed by atoms with E-state index in [-0.39, 0.29) is 11.7 Å². The lowest BCUT2D eigenvalue weighted by Gasteiger charge is -2.28. The summed E-state index contributed by atoms with van der Waals surface area (Å²) in [5.41, 5.74) is 1.95. The Morgan fingerprint density at radius 1 is 1.14 bits per heavy atom. The Balaban J connectivity index is 1.38. The van der Waals surface area contributed by atoms with Crippen LogP contribution in [0.5, 0.6) is 0 Å². The van der Waals surface area contributed by atoms with Gasteiger partial charge in [0.1, 0.15) is 5.82 Å². The minimum atomic E-state index is -0.226. The van der Waals surface area contributed by atoms with E-state index in [2.05, 4.69) is 10.2 Å². The molecule has 28 heavy (non-hydrogen) atoms. The molecule has 1 aliphatic rings. The third-order valence-electron chi connectivity index (χ3n) is 4.50. The number of rotatable bonds is 8. The first-order chi connectivity index (χ1) is 13.6. The van der Waals surface area contributed by atoms with E-state index in [9.17, 15) is 9.18 Å². The SMILES string of the molecule is CN(CCSc1ccc(F)cc1)CC(=O)Nc1ccc(N2CCOCC2)cc1. The van der Waals surface area contributed by atoms with Gasteiger partial charge in [-0.25, -0.2) is 4.39 Å². The lowest BCUT2D eigenvalue weighted by Crippen LogP contribution is -2.36. The van der Waals surface area contributed by atoms with Crippen LogP contribution >= 0.6 is 11.8 Å². The van der Waals surface area contributed by atoms with Crippen LogP contribution in [0.2, 0.25) is 0 Å². The molecule has 0 saturated carbocycles. The topological polar surface area (TPSA) is 44.8 Å². The van der Waals surface area contributed by atoms with Gasteiger partial charge >= 0.3 is 0 Å². The Kier molecular flexibility index (Phi) is 7.71. The molecule has 2 aromatic carbocycles. The zero-order chi connectivity index (χ0) is 19.8. The molecule has 1 N–H and O–H groups in total. The minimum absolute atomic E-state index is 0.0339. The molecule has 3 rings (SSSR count). The van der Waals surface area contributed by atoms with Crippen LogP contribution in [0.25, 0.3) is 0 Å². The van der Waals surface area contributed by atoms with Crippen molar-refractivity contribution < 1.29 is 13.9 Å². The number of nitrogens with one attached hydrogen (secondary N) is 1. The van der Waals surface area contributed by atoms with Gasteiger partial charge in [0.25, 0.3) is 0 Å². The molecule has 1 amide bonds. The van der Waals surface area contributed by atoms with Crippen LogP contribution in [0.1, 0.15) is 0 Å². The quantitative estimate of drug-likeness (QED) is 0.685. The molecular formula is C21H26FN3O2S. The van der Waals surface area contributed by atoms with Gasteiger partial charge < -0.3 is 15.0 Å². The highest BCUT2D eigenvalue weighted by atomic mass is 32.2. The number of hydrogen-bond donors (Lipinski definition) is 1. The van der Waals surface area contributed by atoms with Crippen LogP contribution < -0.4 is 10.2 Å². The number of nitrogens with zero attached hydrogens (tertiary/aromatic N) is 2. The summed E-state index contributed by atoms with van der Waals surface area (Å²) >= 11 is 1.65. The molecule has 0 unspecified atom stereocenters. The summed E-state index contributed by atoms with van der Waals surface area (Å²) in [7, 11) is 1.92. The van der Waals surface area contributed by atoms with Gasteiger partial charge in [0.2, 0.25) is 5.91 Å². The largest absolute Gasteiger partial charge is 0.378 e.